The summed E-state index contributed by atoms with van der Waals surface area (Å²) in [6.45, 7) is 11.6. The highest BCUT2D eigenvalue weighted by atomic mass is 16.1. The van der Waals surface area contributed by atoms with Gasteiger partial charge in [0.25, 0.3) is 0 Å². The number of ketones is 1. The molecule has 2 aliphatic carbocycles. The highest BCUT2D eigenvalue weighted by molar-refractivity contribution is 5.86. The Morgan fingerprint density at radius 2 is 1.70 bits per heavy atom. The summed E-state index contributed by atoms with van der Waals surface area (Å²) < 4.78 is 0. The highest BCUT2D eigenvalue weighted by Gasteiger charge is 2.53. The highest BCUT2D eigenvalue weighted by Crippen LogP contribution is 2.55. The smallest absolute Gasteiger partial charge is 0.139 e. The second-order valence-corrected chi connectivity index (χ2v) is 8.26. The van der Waals surface area contributed by atoms with Crippen LogP contribution in [-0.4, -0.2) is 29.8 Å². The molecule has 0 N–H and O–H groups in total. The Morgan fingerprint density at radius 1 is 1.10 bits per heavy atom. The quantitative estimate of drug-likeness (QED) is 0.727. The zero-order valence-electron chi connectivity index (χ0n) is 13.7. The van der Waals surface area contributed by atoms with Crippen molar-refractivity contribution in [2.75, 3.05) is 13.1 Å². The average molecular weight is 277 g/mol. The minimum atomic E-state index is 0.0604. The van der Waals surface area contributed by atoms with Crippen LogP contribution in [0.3, 0.4) is 0 Å². The molecule has 1 spiro atoms. The Morgan fingerprint density at radius 3 is 2.30 bits per heavy atom. The summed E-state index contributed by atoms with van der Waals surface area (Å²) in [5, 5.41) is 0. The van der Waals surface area contributed by atoms with Crippen LogP contribution in [0.4, 0.5) is 0 Å². The summed E-state index contributed by atoms with van der Waals surface area (Å²) in [6.07, 6.45) is 5.67. The van der Waals surface area contributed by atoms with Gasteiger partial charge >= 0.3 is 0 Å². The van der Waals surface area contributed by atoms with Gasteiger partial charge in [-0.15, -0.1) is 0 Å². The molecule has 0 radical (unpaired) electrons. The van der Waals surface area contributed by atoms with Crippen molar-refractivity contribution in [3.05, 3.63) is 0 Å². The molecule has 2 nitrogen and oxygen atoms in total. The van der Waals surface area contributed by atoms with Crippen molar-refractivity contribution in [2.24, 2.45) is 29.1 Å². The molecule has 0 amide bonds. The Kier molecular flexibility index (Phi) is 3.73. The summed E-state index contributed by atoms with van der Waals surface area (Å²) in [7, 11) is 0. The van der Waals surface area contributed by atoms with Crippen molar-refractivity contribution in [2.45, 2.75) is 65.8 Å². The van der Waals surface area contributed by atoms with Gasteiger partial charge in [0.05, 0.1) is 0 Å². The Balaban J connectivity index is 1.74. The number of nitrogens with zero attached hydrogens (tertiary/aromatic N) is 1. The van der Waals surface area contributed by atoms with E-state index in [0.717, 1.165) is 50.1 Å². The lowest BCUT2D eigenvalue weighted by atomic mass is 9.59. The average Bonchev–Trinajstić information content (AvgIpc) is 2.66. The van der Waals surface area contributed by atoms with Crippen LogP contribution in [0, 0.1) is 29.1 Å². The molecule has 114 valence electrons. The molecule has 1 heterocycles. The third kappa shape index (κ3) is 2.24. The molecule has 3 fully saturated rings. The zero-order chi connectivity index (χ0) is 14.5. The van der Waals surface area contributed by atoms with E-state index >= 15 is 0 Å². The molecular weight excluding hydrogens is 246 g/mol. The first-order chi connectivity index (χ1) is 9.43. The van der Waals surface area contributed by atoms with E-state index in [0.29, 0.717) is 17.7 Å². The van der Waals surface area contributed by atoms with Gasteiger partial charge in [-0.25, -0.2) is 0 Å². The lowest BCUT2D eigenvalue weighted by Crippen LogP contribution is -2.50. The normalized spacial score (nSPS) is 41.4. The molecular formula is C18H31NO. The summed E-state index contributed by atoms with van der Waals surface area (Å²) in [4.78, 5) is 15.4. The topological polar surface area (TPSA) is 20.3 Å². The number of carbonyl (C=O) groups excluding carboxylic acids is 1. The van der Waals surface area contributed by atoms with Gasteiger partial charge in [-0.1, -0.05) is 13.8 Å². The van der Waals surface area contributed by atoms with E-state index < -0.39 is 0 Å². The molecule has 2 saturated carbocycles. The van der Waals surface area contributed by atoms with Gasteiger partial charge in [-0.05, 0) is 76.3 Å². The molecule has 4 unspecified atom stereocenters. The van der Waals surface area contributed by atoms with Crippen LogP contribution < -0.4 is 0 Å². The van der Waals surface area contributed by atoms with Crippen LogP contribution in [0.25, 0.3) is 0 Å². The number of fused-ring (bicyclic) bond motifs is 1. The third-order valence-corrected chi connectivity index (χ3v) is 6.88. The van der Waals surface area contributed by atoms with Crippen molar-refractivity contribution in [1.82, 2.24) is 4.90 Å². The van der Waals surface area contributed by atoms with Crippen LogP contribution in [0.2, 0.25) is 0 Å². The zero-order valence-corrected chi connectivity index (χ0v) is 13.7. The van der Waals surface area contributed by atoms with E-state index in [2.05, 4.69) is 32.6 Å². The molecule has 4 atom stereocenters. The molecule has 20 heavy (non-hydrogen) atoms. The second-order valence-electron chi connectivity index (χ2n) is 8.26. The van der Waals surface area contributed by atoms with Gasteiger partial charge in [-0.2, -0.15) is 0 Å². The van der Waals surface area contributed by atoms with Gasteiger partial charge in [0.15, 0.2) is 0 Å². The first-order valence-electron chi connectivity index (χ1n) is 8.70. The number of carbonyl (C=O) groups is 1. The number of Topliss-reactive ketones (excluding diaryl/α,β-unsaturated/α-hetero) is 1. The van der Waals surface area contributed by atoms with E-state index in [-0.39, 0.29) is 5.41 Å². The molecule has 1 aliphatic heterocycles. The second kappa shape index (κ2) is 5.12. The lowest BCUT2D eigenvalue weighted by molar-refractivity contribution is -0.139. The van der Waals surface area contributed by atoms with Gasteiger partial charge < -0.3 is 4.90 Å². The van der Waals surface area contributed by atoms with Gasteiger partial charge in [-0.3, -0.25) is 4.79 Å². The Hall–Kier alpha value is -0.370. The number of hydrogen-bond donors (Lipinski definition) is 0. The van der Waals surface area contributed by atoms with Crippen LogP contribution in [0.5, 0.6) is 0 Å². The Bertz CT molecular complexity index is 381. The van der Waals surface area contributed by atoms with Gasteiger partial charge in [0, 0.05) is 17.9 Å². The Labute approximate surface area is 124 Å². The largest absolute Gasteiger partial charge is 0.301 e. The van der Waals surface area contributed by atoms with E-state index in [1.807, 2.05) is 0 Å². The molecule has 0 bridgehead atoms. The van der Waals surface area contributed by atoms with E-state index in [4.69, 9.17) is 0 Å². The fraction of sp³-hybridized carbons (Fsp3) is 0.944. The minimum Gasteiger partial charge on any atom is -0.301 e. The number of likely N-dealkylation sites (tertiary alicyclic amines) is 1. The summed E-state index contributed by atoms with van der Waals surface area (Å²) in [6, 6.07) is 0.629. The van der Waals surface area contributed by atoms with E-state index in [9.17, 15) is 4.79 Å². The maximum Gasteiger partial charge on any atom is 0.139 e. The number of piperidine rings is 1. The maximum absolute atomic E-state index is 12.8. The van der Waals surface area contributed by atoms with Crippen LogP contribution in [0.1, 0.15) is 59.8 Å². The van der Waals surface area contributed by atoms with Crippen molar-refractivity contribution < 1.29 is 4.79 Å². The van der Waals surface area contributed by atoms with Crippen molar-refractivity contribution in [3.63, 3.8) is 0 Å². The fourth-order valence-electron chi connectivity index (χ4n) is 5.43. The van der Waals surface area contributed by atoms with Crippen LogP contribution in [0.15, 0.2) is 0 Å². The fourth-order valence-corrected chi connectivity index (χ4v) is 5.43. The standard InChI is InChI=1S/C18H31NO/c1-12(2)19-7-5-18(6-8-19)11-16-14(4)9-13(3)15(16)10-17(18)20/h12-16H,5-11H2,1-4H3. The van der Waals surface area contributed by atoms with E-state index in [1.54, 1.807) is 0 Å². The predicted molar refractivity (Wildman–Crippen MR) is 82.5 cm³/mol. The van der Waals surface area contributed by atoms with Crippen molar-refractivity contribution >= 4 is 5.78 Å². The molecule has 1 saturated heterocycles. The summed E-state index contributed by atoms with van der Waals surface area (Å²) in [5.41, 5.74) is 0.0604. The number of rotatable bonds is 1. The van der Waals surface area contributed by atoms with Crippen LogP contribution >= 0.6 is 0 Å². The third-order valence-electron chi connectivity index (χ3n) is 6.88. The maximum atomic E-state index is 12.8. The summed E-state index contributed by atoms with van der Waals surface area (Å²) >= 11 is 0. The van der Waals surface area contributed by atoms with Crippen LogP contribution in [-0.2, 0) is 4.79 Å². The predicted octanol–water partition coefficient (Wildman–Crippen LogP) is 3.75. The molecule has 0 aromatic carbocycles. The summed E-state index contributed by atoms with van der Waals surface area (Å²) in [5.74, 6) is 3.75. The first kappa shape index (κ1) is 14.6. The number of hydrogen-bond acceptors (Lipinski definition) is 2. The van der Waals surface area contributed by atoms with Gasteiger partial charge in [0.2, 0.25) is 0 Å². The molecule has 2 heteroatoms. The van der Waals surface area contributed by atoms with E-state index in [1.165, 1.54) is 12.8 Å². The minimum absolute atomic E-state index is 0.0604. The first-order valence-corrected chi connectivity index (χ1v) is 8.70. The molecule has 0 aromatic heterocycles. The molecule has 0 aromatic rings. The van der Waals surface area contributed by atoms with Crippen molar-refractivity contribution in [3.8, 4) is 0 Å². The SMILES string of the molecule is CC1CC(C)C2CC3(CCN(C(C)C)CC3)C(=O)CC12. The monoisotopic (exact) mass is 277 g/mol. The molecule has 3 rings (SSSR count). The van der Waals surface area contributed by atoms with Crippen molar-refractivity contribution in [1.29, 1.82) is 0 Å². The lowest BCUT2D eigenvalue weighted by Gasteiger charge is -2.48. The van der Waals surface area contributed by atoms with Gasteiger partial charge in [0.1, 0.15) is 5.78 Å². The molecule has 3 aliphatic rings.